The molecule has 1 aliphatic carbocycles. The Morgan fingerprint density at radius 3 is 2.96 bits per heavy atom. The molecule has 0 bridgehead atoms. The van der Waals surface area contributed by atoms with Gasteiger partial charge in [-0.2, -0.15) is 5.26 Å². The molecule has 0 amide bonds. The van der Waals surface area contributed by atoms with Gasteiger partial charge in [0.25, 0.3) is 0 Å². The maximum Gasteiger partial charge on any atom is 0.250 e. The van der Waals surface area contributed by atoms with Gasteiger partial charge in [0.05, 0.1) is 5.56 Å². The second-order valence-corrected chi connectivity index (χ2v) is 6.18. The number of fused-ring (bicyclic) bond motifs is 1. The van der Waals surface area contributed by atoms with Crippen LogP contribution >= 0.6 is 0 Å². The summed E-state index contributed by atoms with van der Waals surface area (Å²) in [6.45, 7) is 1.46. The second kappa shape index (κ2) is 7.78. The Labute approximate surface area is 142 Å². The molecule has 0 spiro atoms. The van der Waals surface area contributed by atoms with Gasteiger partial charge in [0.2, 0.25) is 5.56 Å². The molecule has 3 rings (SSSR count). The van der Waals surface area contributed by atoms with Gasteiger partial charge in [0.1, 0.15) is 11.9 Å². The Morgan fingerprint density at radius 2 is 2.12 bits per heavy atom. The molecule has 5 heteroatoms. The smallest absolute Gasteiger partial charge is 0.250 e. The van der Waals surface area contributed by atoms with E-state index in [1.54, 1.807) is 16.7 Å². The molecule has 0 unspecified atom stereocenters. The normalized spacial score (nSPS) is 13.1. The number of unbranched alkanes of at least 4 members (excludes halogenated alkanes) is 1. The number of nitriles is 1. The lowest BCUT2D eigenvalue weighted by Crippen LogP contribution is -2.18. The summed E-state index contributed by atoms with van der Waals surface area (Å²) in [4.78, 5) is 16.3. The highest BCUT2D eigenvalue weighted by atomic mass is 16.1. The van der Waals surface area contributed by atoms with E-state index in [4.69, 9.17) is 0 Å². The van der Waals surface area contributed by atoms with Crippen LogP contribution in [0.25, 0.3) is 0 Å². The van der Waals surface area contributed by atoms with Crippen LogP contribution in [0, 0.1) is 11.3 Å². The molecule has 5 nitrogen and oxygen atoms in total. The highest BCUT2D eigenvalue weighted by molar-refractivity contribution is 5.54. The number of hydrogen-bond acceptors (Lipinski definition) is 4. The Kier molecular flexibility index (Phi) is 5.27. The number of nitrogens with zero attached hydrogens (tertiary/aromatic N) is 3. The first-order valence-electron chi connectivity index (χ1n) is 8.60. The van der Waals surface area contributed by atoms with Gasteiger partial charge in [-0.25, -0.2) is 4.98 Å². The molecule has 0 aliphatic heterocycles. The molecule has 0 fully saturated rings. The summed E-state index contributed by atoms with van der Waals surface area (Å²) < 4.78 is 1.72. The molecular weight excluding hydrogens is 300 g/mol. The number of anilines is 1. The van der Waals surface area contributed by atoms with E-state index >= 15 is 0 Å². The first-order chi connectivity index (χ1) is 11.8. The maximum atomic E-state index is 11.6. The fraction of sp³-hybridized carbons (Fsp3) is 0.421. The average Bonchev–Trinajstić information content (AvgIpc) is 2.62. The first kappa shape index (κ1) is 16.3. The maximum absolute atomic E-state index is 11.6. The van der Waals surface area contributed by atoms with Gasteiger partial charge >= 0.3 is 0 Å². The highest BCUT2D eigenvalue weighted by Crippen LogP contribution is 2.24. The van der Waals surface area contributed by atoms with E-state index in [1.165, 1.54) is 18.4 Å². The van der Waals surface area contributed by atoms with Gasteiger partial charge in [-0.15, -0.1) is 0 Å². The van der Waals surface area contributed by atoms with Crippen molar-refractivity contribution in [3.8, 4) is 6.07 Å². The second-order valence-electron chi connectivity index (χ2n) is 6.18. The molecule has 0 radical (unpaired) electrons. The molecule has 0 atom stereocenters. The number of aromatic nitrogens is 2. The standard InChI is InChI=1S/C19H22N4O/c20-14-16-13-15-7-1-2-8-17(15)22-19(16)21-10-4-6-12-23-11-5-3-9-18(23)24/h3,5,9,11,13H,1-2,4,6-8,10,12H2,(H,21,22). The number of pyridine rings is 2. The van der Waals surface area contributed by atoms with E-state index in [0.29, 0.717) is 17.9 Å². The van der Waals surface area contributed by atoms with E-state index < -0.39 is 0 Å². The van der Waals surface area contributed by atoms with E-state index in [2.05, 4.69) is 16.4 Å². The summed E-state index contributed by atoms with van der Waals surface area (Å²) in [5.41, 5.74) is 3.04. The van der Waals surface area contributed by atoms with Gasteiger partial charge in [-0.3, -0.25) is 4.79 Å². The molecule has 1 N–H and O–H groups in total. The first-order valence-corrected chi connectivity index (χ1v) is 8.60. The molecule has 0 saturated heterocycles. The topological polar surface area (TPSA) is 70.7 Å². The van der Waals surface area contributed by atoms with E-state index in [9.17, 15) is 10.1 Å². The van der Waals surface area contributed by atoms with E-state index in [1.807, 2.05) is 18.3 Å². The third-order valence-electron chi connectivity index (χ3n) is 4.44. The SMILES string of the molecule is N#Cc1cc2c(nc1NCCCCn1ccccc1=O)CCCC2. The van der Waals surface area contributed by atoms with Gasteiger partial charge in [-0.1, -0.05) is 6.07 Å². The van der Waals surface area contributed by atoms with E-state index in [-0.39, 0.29) is 5.56 Å². The Balaban J connectivity index is 1.54. The molecule has 124 valence electrons. The van der Waals surface area contributed by atoms with Gasteiger partial charge in [0.15, 0.2) is 0 Å². The van der Waals surface area contributed by atoms with Crippen LogP contribution in [0.5, 0.6) is 0 Å². The van der Waals surface area contributed by atoms with Crippen LogP contribution in [-0.2, 0) is 19.4 Å². The molecule has 1 aliphatic rings. The van der Waals surface area contributed by atoms with Crippen LogP contribution in [0.3, 0.4) is 0 Å². The summed E-state index contributed by atoms with van der Waals surface area (Å²) in [5, 5.41) is 12.6. The lowest BCUT2D eigenvalue weighted by Gasteiger charge is -2.17. The molecule has 2 aromatic heterocycles. The van der Waals surface area contributed by atoms with Crippen LogP contribution in [-0.4, -0.2) is 16.1 Å². The summed E-state index contributed by atoms with van der Waals surface area (Å²) in [6.07, 6.45) is 8.04. The summed E-state index contributed by atoms with van der Waals surface area (Å²) in [6, 6.07) is 9.45. The minimum absolute atomic E-state index is 0.0357. The van der Waals surface area contributed by atoms with Crippen molar-refractivity contribution in [2.24, 2.45) is 0 Å². The van der Waals surface area contributed by atoms with Crippen LogP contribution in [0.15, 0.2) is 35.3 Å². The number of aryl methyl sites for hydroxylation is 3. The zero-order chi connectivity index (χ0) is 16.8. The third-order valence-corrected chi connectivity index (χ3v) is 4.44. The summed E-state index contributed by atoms with van der Waals surface area (Å²) in [7, 11) is 0. The van der Waals surface area contributed by atoms with Crippen molar-refractivity contribution in [2.75, 3.05) is 11.9 Å². The van der Waals surface area contributed by atoms with Crippen molar-refractivity contribution >= 4 is 5.82 Å². The van der Waals surface area contributed by atoms with Crippen molar-refractivity contribution < 1.29 is 0 Å². The predicted octanol–water partition coefficient (Wildman–Crippen LogP) is 2.89. The fourth-order valence-corrected chi connectivity index (χ4v) is 3.11. The predicted molar refractivity (Wildman–Crippen MR) is 94.0 cm³/mol. The minimum Gasteiger partial charge on any atom is -0.369 e. The highest BCUT2D eigenvalue weighted by Gasteiger charge is 2.14. The molecule has 0 saturated carbocycles. The molecule has 24 heavy (non-hydrogen) atoms. The van der Waals surface area contributed by atoms with Crippen LogP contribution in [0.4, 0.5) is 5.82 Å². The zero-order valence-corrected chi connectivity index (χ0v) is 13.8. The Bertz CT molecular complexity index is 804. The van der Waals surface area contributed by atoms with Crippen molar-refractivity contribution in [2.45, 2.75) is 45.1 Å². The lowest BCUT2D eigenvalue weighted by atomic mass is 9.95. The monoisotopic (exact) mass is 322 g/mol. The van der Waals surface area contributed by atoms with Crippen molar-refractivity contribution in [1.29, 1.82) is 5.26 Å². The van der Waals surface area contributed by atoms with Crippen LogP contribution < -0.4 is 10.9 Å². The lowest BCUT2D eigenvalue weighted by molar-refractivity contribution is 0.603. The summed E-state index contributed by atoms with van der Waals surface area (Å²) in [5.74, 6) is 0.704. The average molecular weight is 322 g/mol. The zero-order valence-electron chi connectivity index (χ0n) is 13.8. The Hall–Kier alpha value is -2.61. The van der Waals surface area contributed by atoms with Crippen molar-refractivity contribution in [1.82, 2.24) is 9.55 Å². The van der Waals surface area contributed by atoms with Gasteiger partial charge in [0, 0.05) is 31.0 Å². The number of hydrogen-bond donors (Lipinski definition) is 1. The quantitative estimate of drug-likeness (QED) is 0.830. The summed E-state index contributed by atoms with van der Waals surface area (Å²) >= 11 is 0. The fourth-order valence-electron chi connectivity index (χ4n) is 3.11. The van der Waals surface area contributed by atoms with Crippen molar-refractivity contribution in [3.63, 3.8) is 0 Å². The third kappa shape index (κ3) is 3.83. The number of nitrogens with one attached hydrogen (secondary N) is 1. The largest absolute Gasteiger partial charge is 0.369 e. The van der Waals surface area contributed by atoms with Crippen LogP contribution in [0.1, 0.15) is 42.5 Å². The van der Waals surface area contributed by atoms with Gasteiger partial charge in [-0.05, 0) is 56.2 Å². The minimum atomic E-state index is 0.0357. The molecule has 2 heterocycles. The van der Waals surface area contributed by atoms with E-state index in [0.717, 1.165) is 37.9 Å². The molecule has 0 aromatic carbocycles. The van der Waals surface area contributed by atoms with Gasteiger partial charge < -0.3 is 9.88 Å². The van der Waals surface area contributed by atoms with Crippen LogP contribution in [0.2, 0.25) is 0 Å². The molecular formula is C19H22N4O. The van der Waals surface area contributed by atoms with Crippen molar-refractivity contribution in [3.05, 3.63) is 57.6 Å². The molecule has 2 aromatic rings. The number of rotatable bonds is 6. The Morgan fingerprint density at radius 1 is 1.25 bits per heavy atom.